The molecule has 0 bridgehead atoms. The second kappa shape index (κ2) is 8.46. The first-order chi connectivity index (χ1) is 15.3. The number of benzene rings is 2. The third-order valence-corrected chi connectivity index (χ3v) is 5.08. The van der Waals surface area contributed by atoms with Crippen LogP contribution in [0, 0.1) is 11.6 Å². The molecule has 0 aliphatic carbocycles. The van der Waals surface area contributed by atoms with Crippen molar-refractivity contribution in [2.75, 3.05) is 0 Å². The molecule has 32 heavy (non-hydrogen) atoms. The van der Waals surface area contributed by atoms with E-state index in [1.165, 1.54) is 12.3 Å². The van der Waals surface area contributed by atoms with E-state index < -0.39 is 41.0 Å². The maximum Gasteiger partial charge on any atom is 0.323 e. The lowest BCUT2D eigenvalue weighted by molar-refractivity contribution is -0.207. The first-order valence-corrected chi connectivity index (χ1v) is 9.55. The molecule has 0 aliphatic heterocycles. The smallest absolute Gasteiger partial charge is 0.323 e. The molecule has 0 amide bonds. The minimum atomic E-state index is -4.08. The Balaban J connectivity index is 1.72. The van der Waals surface area contributed by atoms with Crippen molar-refractivity contribution in [1.82, 2.24) is 25.2 Å². The lowest BCUT2D eigenvalue weighted by atomic mass is 9.84. The second-order valence-electron chi connectivity index (χ2n) is 7.28. The topological polar surface area (TPSA) is 76.7 Å². The van der Waals surface area contributed by atoms with Crippen LogP contribution >= 0.6 is 0 Å². The molecule has 4 rings (SSSR count). The average Bonchev–Trinajstić information content (AvgIpc) is 3.27. The summed E-state index contributed by atoms with van der Waals surface area (Å²) in [7, 11) is 0. The van der Waals surface area contributed by atoms with Gasteiger partial charge in [0.25, 0.3) is 0 Å². The Kier molecular flexibility index (Phi) is 5.70. The fourth-order valence-electron chi connectivity index (χ4n) is 3.42. The highest BCUT2D eigenvalue weighted by Gasteiger charge is 2.57. The van der Waals surface area contributed by atoms with Crippen molar-refractivity contribution in [3.05, 3.63) is 107 Å². The number of aliphatic hydroxyl groups is 1. The van der Waals surface area contributed by atoms with Crippen LogP contribution in [0.4, 0.5) is 17.6 Å². The maximum absolute atomic E-state index is 15.7. The van der Waals surface area contributed by atoms with Crippen molar-refractivity contribution in [3.8, 4) is 0 Å². The zero-order valence-corrected chi connectivity index (χ0v) is 16.5. The number of hydrogen-bond acceptors (Lipinski definition) is 5. The highest BCUT2D eigenvalue weighted by Crippen LogP contribution is 2.46. The Hall–Kier alpha value is -3.66. The van der Waals surface area contributed by atoms with Gasteiger partial charge >= 0.3 is 5.92 Å². The Morgan fingerprint density at radius 3 is 2.34 bits per heavy atom. The summed E-state index contributed by atoms with van der Waals surface area (Å²) >= 11 is 0. The molecule has 1 unspecified atom stereocenters. The van der Waals surface area contributed by atoms with Crippen LogP contribution in [-0.4, -0.2) is 30.3 Å². The molecule has 0 radical (unpaired) electrons. The van der Waals surface area contributed by atoms with Crippen LogP contribution in [0.1, 0.15) is 22.4 Å². The average molecular weight is 443 g/mol. The number of halogens is 4. The number of nitrogens with zero attached hydrogens (tertiary/aromatic N) is 5. The first-order valence-electron chi connectivity index (χ1n) is 9.55. The molecule has 0 saturated carbocycles. The van der Waals surface area contributed by atoms with Crippen LogP contribution in [0.25, 0.3) is 0 Å². The number of aromatic nitrogens is 5. The van der Waals surface area contributed by atoms with Crippen LogP contribution in [0.3, 0.4) is 0 Å². The fourth-order valence-corrected chi connectivity index (χ4v) is 3.42. The molecule has 10 heteroatoms. The number of alkyl halides is 2. The normalized spacial score (nSPS) is 13.7. The number of rotatable bonds is 7. The zero-order chi connectivity index (χ0) is 22.8. The SMILES string of the molecule is OC(Cn1cnnn1)(c1ccc(F)cc1F)C(F)(F)c1ccc(Cc2ccccc2)cn1. The highest BCUT2D eigenvalue weighted by molar-refractivity contribution is 5.32. The molecular weight excluding hydrogens is 426 g/mol. The largest absolute Gasteiger partial charge is 0.377 e. The van der Waals surface area contributed by atoms with Gasteiger partial charge in [0.2, 0.25) is 0 Å². The molecule has 2 aromatic carbocycles. The summed E-state index contributed by atoms with van der Waals surface area (Å²) in [6, 6.07) is 13.9. The van der Waals surface area contributed by atoms with E-state index in [1.807, 2.05) is 30.3 Å². The molecule has 0 fully saturated rings. The molecule has 1 atom stereocenters. The van der Waals surface area contributed by atoms with Crippen molar-refractivity contribution in [3.63, 3.8) is 0 Å². The third-order valence-electron chi connectivity index (χ3n) is 5.08. The summed E-state index contributed by atoms with van der Waals surface area (Å²) in [5.41, 5.74) is -3.11. The van der Waals surface area contributed by atoms with Crippen LogP contribution in [-0.2, 0) is 24.5 Å². The Labute approximate surface area is 180 Å². The van der Waals surface area contributed by atoms with Crippen molar-refractivity contribution in [2.24, 2.45) is 0 Å². The van der Waals surface area contributed by atoms with Gasteiger partial charge in [0.1, 0.15) is 23.7 Å². The molecular formula is C22H17F4N5O. The van der Waals surface area contributed by atoms with E-state index in [2.05, 4.69) is 20.5 Å². The monoisotopic (exact) mass is 443 g/mol. The molecule has 0 saturated heterocycles. The van der Waals surface area contributed by atoms with E-state index in [-0.39, 0.29) is 0 Å². The molecule has 4 aromatic rings. The van der Waals surface area contributed by atoms with Crippen molar-refractivity contribution in [1.29, 1.82) is 0 Å². The summed E-state index contributed by atoms with van der Waals surface area (Å²) in [5, 5.41) is 21.3. The molecule has 164 valence electrons. The number of pyridine rings is 1. The van der Waals surface area contributed by atoms with Gasteiger partial charge in [0.05, 0.1) is 6.54 Å². The number of tetrazole rings is 1. The van der Waals surface area contributed by atoms with E-state index in [0.29, 0.717) is 18.1 Å². The van der Waals surface area contributed by atoms with Gasteiger partial charge < -0.3 is 5.11 Å². The number of hydrogen-bond donors (Lipinski definition) is 1. The summed E-state index contributed by atoms with van der Waals surface area (Å²) in [6.07, 6.45) is 2.74. The summed E-state index contributed by atoms with van der Waals surface area (Å²) in [6.45, 7) is -0.900. The van der Waals surface area contributed by atoms with Crippen LogP contribution in [0.2, 0.25) is 0 Å². The van der Waals surface area contributed by atoms with Gasteiger partial charge in [-0.15, -0.1) is 5.10 Å². The van der Waals surface area contributed by atoms with E-state index in [4.69, 9.17) is 0 Å². The van der Waals surface area contributed by atoms with Crippen LogP contribution < -0.4 is 0 Å². The Bertz CT molecular complexity index is 1190. The predicted octanol–water partition coefficient (Wildman–Crippen LogP) is 3.62. The first kappa shape index (κ1) is 21.6. The van der Waals surface area contributed by atoms with Crippen molar-refractivity contribution in [2.45, 2.75) is 24.5 Å². The minimum absolute atomic E-state index is 0.423. The molecule has 1 N–H and O–H groups in total. The quantitative estimate of drug-likeness (QED) is 0.442. The lowest BCUT2D eigenvalue weighted by Crippen LogP contribution is -2.48. The summed E-state index contributed by atoms with van der Waals surface area (Å²) in [4.78, 5) is 3.85. The molecule has 0 aliphatic rings. The van der Waals surface area contributed by atoms with Crippen LogP contribution in [0.5, 0.6) is 0 Å². The maximum atomic E-state index is 15.7. The van der Waals surface area contributed by atoms with Gasteiger partial charge in [-0.2, -0.15) is 8.78 Å². The van der Waals surface area contributed by atoms with Gasteiger partial charge in [0, 0.05) is 17.8 Å². The van der Waals surface area contributed by atoms with Gasteiger partial charge in [-0.05, 0) is 46.2 Å². The van der Waals surface area contributed by atoms with E-state index in [0.717, 1.165) is 34.8 Å². The lowest BCUT2D eigenvalue weighted by Gasteiger charge is -2.35. The highest BCUT2D eigenvalue weighted by atomic mass is 19.3. The van der Waals surface area contributed by atoms with E-state index in [1.54, 1.807) is 0 Å². The molecule has 6 nitrogen and oxygen atoms in total. The fraction of sp³-hybridized carbons (Fsp3) is 0.182. The van der Waals surface area contributed by atoms with Gasteiger partial charge in [-0.1, -0.05) is 36.4 Å². The van der Waals surface area contributed by atoms with Gasteiger partial charge in [-0.25, -0.2) is 13.5 Å². The molecule has 2 aromatic heterocycles. The van der Waals surface area contributed by atoms with Crippen molar-refractivity contribution < 1.29 is 22.7 Å². The van der Waals surface area contributed by atoms with Crippen molar-refractivity contribution >= 4 is 0 Å². The zero-order valence-electron chi connectivity index (χ0n) is 16.5. The van der Waals surface area contributed by atoms with Gasteiger partial charge in [0.15, 0.2) is 5.60 Å². The Morgan fingerprint density at radius 2 is 1.72 bits per heavy atom. The van der Waals surface area contributed by atoms with E-state index >= 15 is 8.78 Å². The Morgan fingerprint density at radius 1 is 0.938 bits per heavy atom. The van der Waals surface area contributed by atoms with Gasteiger partial charge in [-0.3, -0.25) is 4.98 Å². The third kappa shape index (κ3) is 4.09. The van der Waals surface area contributed by atoms with Crippen LogP contribution in [0.15, 0.2) is 73.2 Å². The standard InChI is InChI=1S/C22H17F4N5O/c23-17-7-8-18(19(24)11-17)21(32,13-31-14-28-29-30-31)22(25,26)20-9-6-16(12-27-20)10-15-4-2-1-3-5-15/h1-9,11-12,14,32H,10,13H2. The second-order valence-corrected chi connectivity index (χ2v) is 7.28. The molecule has 0 spiro atoms. The molecule has 2 heterocycles. The summed E-state index contributed by atoms with van der Waals surface area (Å²) < 4.78 is 60.1. The minimum Gasteiger partial charge on any atom is -0.377 e. The summed E-state index contributed by atoms with van der Waals surface area (Å²) in [5.74, 6) is -6.38. The van der Waals surface area contributed by atoms with E-state index in [9.17, 15) is 13.9 Å². The predicted molar refractivity (Wildman–Crippen MR) is 105 cm³/mol.